The molecule has 7 nitrogen and oxygen atoms in total. The summed E-state index contributed by atoms with van der Waals surface area (Å²) in [5.74, 6) is -2.13. The van der Waals surface area contributed by atoms with Gasteiger partial charge in [-0.3, -0.25) is 9.59 Å². The summed E-state index contributed by atoms with van der Waals surface area (Å²) in [4.78, 5) is 34.5. The third-order valence-corrected chi connectivity index (χ3v) is 6.72. The third kappa shape index (κ3) is 9.05. The summed E-state index contributed by atoms with van der Waals surface area (Å²) in [5.41, 5.74) is 1.96. The highest BCUT2D eigenvalue weighted by Crippen LogP contribution is 2.29. The monoisotopic (exact) mass is 522 g/mol. The second-order valence-electron chi connectivity index (χ2n) is 9.80. The van der Waals surface area contributed by atoms with Crippen molar-refractivity contribution in [1.82, 2.24) is 0 Å². The van der Waals surface area contributed by atoms with Gasteiger partial charge in [0.15, 0.2) is 5.43 Å². The Morgan fingerprint density at radius 3 is 2.26 bits per heavy atom. The van der Waals surface area contributed by atoms with Crippen molar-refractivity contribution < 1.29 is 29.0 Å². The molecule has 0 saturated carbocycles. The van der Waals surface area contributed by atoms with Crippen LogP contribution >= 0.6 is 0 Å². The van der Waals surface area contributed by atoms with E-state index >= 15 is 0 Å². The van der Waals surface area contributed by atoms with E-state index in [9.17, 15) is 19.5 Å². The second-order valence-corrected chi connectivity index (χ2v) is 9.80. The molecule has 0 saturated heterocycles. The predicted molar refractivity (Wildman–Crippen MR) is 147 cm³/mol. The van der Waals surface area contributed by atoms with Gasteiger partial charge in [0.2, 0.25) is 5.76 Å². The average molecular weight is 523 g/mol. The van der Waals surface area contributed by atoms with E-state index < -0.39 is 23.1 Å². The normalized spacial score (nSPS) is 11.9. The van der Waals surface area contributed by atoms with E-state index in [0.717, 1.165) is 18.1 Å². The van der Waals surface area contributed by atoms with Crippen LogP contribution in [0, 0.1) is 0 Å². The summed E-state index contributed by atoms with van der Waals surface area (Å²) in [6, 6.07) is 14.1. The molecule has 204 valence electrons. The highest BCUT2D eigenvalue weighted by atomic mass is 16.5. The number of aryl methyl sites for hydroxylation is 1. The first kappa shape index (κ1) is 29.0. The Morgan fingerprint density at radius 2 is 1.58 bits per heavy atom. The van der Waals surface area contributed by atoms with E-state index in [4.69, 9.17) is 14.3 Å². The van der Waals surface area contributed by atoms with Gasteiger partial charge in [0, 0.05) is 18.6 Å². The molecule has 0 fully saturated rings. The van der Waals surface area contributed by atoms with E-state index in [1.165, 1.54) is 56.6 Å². The molecule has 7 heteroatoms. The fourth-order valence-electron chi connectivity index (χ4n) is 4.56. The van der Waals surface area contributed by atoms with E-state index in [1.54, 1.807) is 12.1 Å². The number of carboxylic acid groups (broad SMARTS) is 2. The lowest BCUT2D eigenvalue weighted by Crippen LogP contribution is -2.09. The quantitative estimate of drug-likeness (QED) is 0.176. The summed E-state index contributed by atoms with van der Waals surface area (Å²) in [6.45, 7) is 2.23. The second kappa shape index (κ2) is 15.0. The summed E-state index contributed by atoms with van der Waals surface area (Å²) in [5, 5.41) is 18.5. The summed E-state index contributed by atoms with van der Waals surface area (Å²) >= 11 is 0. The first-order valence-electron chi connectivity index (χ1n) is 13.7. The van der Waals surface area contributed by atoms with Crippen LogP contribution in [0.4, 0.5) is 0 Å². The fourth-order valence-corrected chi connectivity index (χ4v) is 4.56. The van der Waals surface area contributed by atoms with Gasteiger partial charge in [0.05, 0.1) is 5.39 Å². The minimum atomic E-state index is -1.32. The van der Waals surface area contributed by atoms with E-state index in [0.29, 0.717) is 25.0 Å². The van der Waals surface area contributed by atoms with Crippen LogP contribution in [0.1, 0.15) is 105 Å². The number of carboxylic acids is 2. The smallest absolute Gasteiger partial charge is 0.371 e. The molecular formula is C31H38O7. The van der Waals surface area contributed by atoms with Crippen molar-refractivity contribution >= 4 is 22.9 Å². The first-order chi connectivity index (χ1) is 18.4. The number of ether oxygens (including phenoxy) is 1. The van der Waals surface area contributed by atoms with Gasteiger partial charge in [-0.15, -0.1) is 0 Å². The Kier molecular flexibility index (Phi) is 11.4. The topological polar surface area (TPSA) is 114 Å². The standard InChI is InChI=1S/C31H38O7/c1-2-3-4-5-6-7-8-11-22-14-16-23(17-15-22)27(12-9-10-13-30(33)34)37-24-18-19-25-26(32)21-29(31(35)36)38-28(25)20-24/h14-21,27H,2-13H2,1H3,(H,33,34)(H,35,36). The Morgan fingerprint density at radius 1 is 0.868 bits per heavy atom. The Balaban J connectivity index is 1.70. The Bertz CT molecular complexity index is 1240. The number of aromatic carboxylic acids is 1. The van der Waals surface area contributed by atoms with Gasteiger partial charge < -0.3 is 19.4 Å². The number of fused-ring (bicyclic) bond motifs is 1. The summed E-state index contributed by atoms with van der Waals surface area (Å²) in [7, 11) is 0. The van der Waals surface area contributed by atoms with Crippen LogP contribution in [0.5, 0.6) is 5.75 Å². The molecule has 0 spiro atoms. The number of rotatable bonds is 17. The molecule has 0 aliphatic heterocycles. The summed E-state index contributed by atoms with van der Waals surface area (Å²) in [6.07, 6.45) is 11.5. The van der Waals surface area contributed by atoms with Crippen molar-refractivity contribution in [1.29, 1.82) is 0 Å². The van der Waals surface area contributed by atoms with Gasteiger partial charge in [-0.1, -0.05) is 69.7 Å². The fraction of sp³-hybridized carbons (Fsp3) is 0.452. The average Bonchev–Trinajstić information content (AvgIpc) is 2.90. The molecule has 2 aromatic carbocycles. The number of hydrogen-bond donors (Lipinski definition) is 2. The van der Waals surface area contributed by atoms with E-state index in [2.05, 4.69) is 31.2 Å². The maximum Gasteiger partial charge on any atom is 0.371 e. The zero-order valence-corrected chi connectivity index (χ0v) is 22.1. The number of carbonyl (C=O) groups is 2. The number of benzene rings is 2. The molecule has 0 radical (unpaired) electrons. The lowest BCUT2D eigenvalue weighted by Gasteiger charge is -2.20. The van der Waals surface area contributed by atoms with Crippen LogP contribution in [-0.4, -0.2) is 22.2 Å². The lowest BCUT2D eigenvalue weighted by molar-refractivity contribution is -0.137. The molecule has 0 aliphatic rings. The van der Waals surface area contributed by atoms with Crippen LogP contribution in [0.25, 0.3) is 11.0 Å². The maximum atomic E-state index is 12.3. The van der Waals surface area contributed by atoms with Gasteiger partial charge in [0.1, 0.15) is 17.4 Å². The van der Waals surface area contributed by atoms with Gasteiger partial charge in [0.25, 0.3) is 0 Å². The van der Waals surface area contributed by atoms with Crippen LogP contribution in [0.15, 0.2) is 57.7 Å². The van der Waals surface area contributed by atoms with E-state index in [1.807, 2.05) is 0 Å². The molecule has 3 aromatic rings. The van der Waals surface area contributed by atoms with Crippen LogP contribution in [-0.2, 0) is 11.2 Å². The minimum absolute atomic E-state index is 0.100. The van der Waals surface area contributed by atoms with Crippen molar-refractivity contribution in [2.75, 3.05) is 0 Å². The molecule has 3 rings (SSSR count). The van der Waals surface area contributed by atoms with Gasteiger partial charge >= 0.3 is 11.9 Å². The lowest BCUT2D eigenvalue weighted by atomic mass is 9.99. The molecule has 1 atom stereocenters. The third-order valence-electron chi connectivity index (χ3n) is 6.72. The molecule has 1 aromatic heterocycles. The van der Waals surface area contributed by atoms with Crippen LogP contribution in [0.3, 0.4) is 0 Å². The maximum absolute atomic E-state index is 12.3. The zero-order chi connectivity index (χ0) is 27.3. The van der Waals surface area contributed by atoms with E-state index in [-0.39, 0.29) is 23.5 Å². The summed E-state index contributed by atoms with van der Waals surface area (Å²) < 4.78 is 11.7. The number of aliphatic carboxylic acids is 1. The minimum Gasteiger partial charge on any atom is -0.486 e. The molecular weight excluding hydrogens is 484 g/mol. The SMILES string of the molecule is CCCCCCCCCc1ccc(C(CCCCC(=O)O)Oc2ccc3c(=O)cc(C(=O)O)oc3c2)cc1. The molecule has 1 heterocycles. The van der Waals surface area contributed by atoms with Crippen molar-refractivity contribution in [2.45, 2.75) is 90.1 Å². The van der Waals surface area contributed by atoms with Gasteiger partial charge in [-0.2, -0.15) is 0 Å². The Labute approximate surface area is 223 Å². The van der Waals surface area contributed by atoms with Crippen molar-refractivity contribution in [3.63, 3.8) is 0 Å². The highest BCUT2D eigenvalue weighted by Gasteiger charge is 2.16. The molecule has 0 aliphatic carbocycles. The molecule has 0 bridgehead atoms. The number of unbranched alkanes of at least 4 members (excludes halogenated alkanes) is 7. The van der Waals surface area contributed by atoms with Crippen molar-refractivity contribution in [3.05, 3.63) is 75.6 Å². The van der Waals surface area contributed by atoms with Gasteiger partial charge in [-0.05, 0) is 55.4 Å². The highest BCUT2D eigenvalue weighted by molar-refractivity contribution is 5.87. The van der Waals surface area contributed by atoms with Crippen molar-refractivity contribution in [3.8, 4) is 5.75 Å². The van der Waals surface area contributed by atoms with Crippen molar-refractivity contribution in [2.24, 2.45) is 0 Å². The number of hydrogen-bond acceptors (Lipinski definition) is 5. The van der Waals surface area contributed by atoms with Gasteiger partial charge in [-0.25, -0.2) is 4.79 Å². The Hall–Kier alpha value is -3.61. The molecule has 0 amide bonds. The predicted octanol–water partition coefficient (Wildman–Crippen LogP) is 7.55. The van der Waals surface area contributed by atoms with Crippen LogP contribution in [0.2, 0.25) is 0 Å². The zero-order valence-electron chi connectivity index (χ0n) is 22.1. The molecule has 1 unspecified atom stereocenters. The first-order valence-corrected chi connectivity index (χ1v) is 13.7. The largest absolute Gasteiger partial charge is 0.486 e. The molecule has 38 heavy (non-hydrogen) atoms. The molecule has 2 N–H and O–H groups in total. The van der Waals surface area contributed by atoms with Crippen LogP contribution < -0.4 is 10.2 Å².